The van der Waals surface area contributed by atoms with E-state index in [4.69, 9.17) is 14.2 Å². The van der Waals surface area contributed by atoms with Crippen molar-refractivity contribution in [1.82, 2.24) is 0 Å². The van der Waals surface area contributed by atoms with Crippen molar-refractivity contribution in [3.05, 3.63) is 23.3 Å². The van der Waals surface area contributed by atoms with Crippen LogP contribution in [0, 0.1) is 28.1 Å². The molecular formula is C29H48O3. The van der Waals surface area contributed by atoms with E-state index in [0.717, 1.165) is 45.3 Å². The Labute approximate surface area is 197 Å². The van der Waals surface area contributed by atoms with Crippen LogP contribution in [0.5, 0.6) is 0 Å². The zero-order valence-corrected chi connectivity index (χ0v) is 22.3. The molecule has 1 heterocycles. The van der Waals surface area contributed by atoms with Gasteiger partial charge in [0, 0.05) is 29.1 Å². The molecule has 4 rings (SSSR count). The lowest BCUT2D eigenvalue weighted by molar-refractivity contribution is -0.308. The Hall–Kier alpha value is -0.640. The van der Waals surface area contributed by atoms with Gasteiger partial charge in [0.05, 0.1) is 24.9 Å². The summed E-state index contributed by atoms with van der Waals surface area (Å²) in [6.45, 7) is 22.2. The number of rotatable bonds is 3. The van der Waals surface area contributed by atoms with Crippen molar-refractivity contribution >= 4 is 0 Å². The third-order valence-corrected chi connectivity index (χ3v) is 9.50. The fourth-order valence-corrected chi connectivity index (χ4v) is 7.05. The Bertz CT molecular complexity index is 775. The highest BCUT2D eigenvalue weighted by Crippen LogP contribution is 2.63. The summed E-state index contributed by atoms with van der Waals surface area (Å²) >= 11 is 0. The maximum Gasteiger partial charge on any atom is 0.172 e. The highest BCUT2D eigenvalue weighted by molar-refractivity contribution is 5.40. The molecule has 5 unspecified atom stereocenters. The minimum atomic E-state index is -0.392. The van der Waals surface area contributed by atoms with Gasteiger partial charge in [0.25, 0.3) is 0 Å². The van der Waals surface area contributed by atoms with E-state index >= 15 is 0 Å². The minimum absolute atomic E-state index is 0.108. The van der Waals surface area contributed by atoms with E-state index in [9.17, 15) is 0 Å². The van der Waals surface area contributed by atoms with Gasteiger partial charge in [-0.1, -0.05) is 57.9 Å². The smallest absolute Gasteiger partial charge is 0.172 e. The predicted octanol–water partition coefficient (Wildman–Crippen LogP) is 7.46. The molecule has 0 bridgehead atoms. The van der Waals surface area contributed by atoms with E-state index in [1.54, 1.807) is 11.1 Å². The molecule has 3 heteroatoms. The van der Waals surface area contributed by atoms with Gasteiger partial charge in [-0.05, 0) is 65.2 Å². The Morgan fingerprint density at radius 3 is 2.34 bits per heavy atom. The largest absolute Gasteiger partial charge is 0.372 e. The Balaban J connectivity index is 1.60. The van der Waals surface area contributed by atoms with E-state index in [1.165, 1.54) is 6.42 Å². The summed E-state index contributed by atoms with van der Waals surface area (Å²) in [4.78, 5) is 0. The summed E-state index contributed by atoms with van der Waals surface area (Å²) in [7, 11) is 0. The number of ether oxygens (including phenoxy) is 3. The van der Waals surface area contributed by atoms with E-state index < -0.39 is 5.79 Å². The van der Waals surface area contributed by atoms with Crippen molar-refractivity contribution in [1.29, 1.82) is 0 Å². The molecule has 0 aromatic carbocycles. The van der Waals surface area contributed by atoms with Crippen molar-refractivity contribution in [3.8, 4) is 0 Å². The summed E-state index contributed by atoms with van der Waals surface area (Å²) in [5.74, 6) is 0.821. The van der Waals surface area contributed by atoms with Crippen LogP contribution in [-0.4, -0.2) is 30.7 Å². The van der Waals surface area contributed by atoms with Crippen LogP contribution in [0.2, 0.25) is 0 Å². The molecule has 0 aromatic rings. The van der Waals surface area contributed by atoms with Crippen LogP contribution < -0.4 is 0 Å². The molecule has 0 aromatic heterocycles. The van der Waals surface area contributed by atoms with E-state index in [1.807, 2.05) is 0 Å². The van der Waals surface area contributed by atoms with Crippen molar-refractivity contribution in [3.63, 3.8) is 0 Å². The average Bonchev–Trinajstić information content (AvgIpc) is 2.71. The molecule has 2 fully saturated rings. The molecule has 0 radical (unpaired) electrons. The highest BCUT2D eigenvalue weighted by Gasteiger charge is 2.56. The summed E-state index contributed by atoms with van der Waals surface area (Å²) < 4.78 is 19.4. The van der Waals surface area contributed by atoms with Gasteiger partial charge in [-0.15, -0.1) is 0 Å². The standard InChI is InChI=1S/C29H48O3/c1-10-28-15-16-29(30-18-26(7,8)19-31-29)17-22(28)11-12-23-20(2)27(9,14-13-24(23)28)21(3)32-25(4,5)6/h11,13,20-21,23H,10,12,14-19H2,1-9H3. The normalized spacial score (nSPS) is 39.5. The minimum Gasteiger partial charge on any atom is -0.372 e. The second-order valence-electron chi connectivity index (χ2n) is 13.4. The second kappa shape index (κ2) is 7.95. The van der Waals surface area contributed by atoms with Gasteiger partial charge in [0.2, 0.25) is 0 Å². The first-order chi connectivity index (χ1) is 14.8. The topological polar surface area (TPSA) is 27.7 Å². The van der Waals surface area contributed by atoms with Crippen LogP contribution in [0.1, 0.15) is 101 Å². The molecule has 0 N–H and O–H groups in total. The summed E-state index contributed by atoms with van der Waals surface area (Å²) in [5.41, 5.74) is 3.69. The lowest BCUT2D eigenvalue weighted by atomic mass is 9.50. The molecule has 5 atom stereocenters. The maximum atomic E-state index is 6.50. The molecule has 182 valence electrons. The third-order valence-electron chi connectivity index (χ3n) is 9.50. The second-order valence-corrected chi connectivity index (χ2v) is 13.4. The highest BCUT2D eigenvalue weighted by atomic mass is 16.7. The number of fused-ring (bicyclic) bond motifs is 3. The van der Waals surface area contributed by atoms with Gasteiger partial charge >= 0.3 is 0 Å². The zero-order valence-electron chi connectivity index (χ0n) is 22.3. The summed E-state index contributed by atoms with van der Waals surface area (Å²) in [6.07, 6.45) is 12.0. The first kappa shape index (κ1) is 24.5. The Morgan fingerprint density at radius 1 is 1.09 bits per heavy atom. The average molecular weight is 445 g/mol. The van der Waals surface area contributed by atoms with Gasteiger partial charge in [0.15, 0.2) is 5.79 Å². The van der Waals surface area contributed by atoms with Crippen LogP contribution in [-0.2, 0) is 14.2 Å². The SMILES string of the molecule is CCC12CCC3(CC1=CCC1C2=CCC(C)(C(C)OC(C)(C)C)C1C)OCC(C)(C)CO3. The van der Waals surface area contributed by atoms with Crippen molar-refractivity contribution < 1.29 is 14.2 Å². The number of allylic oxidation sites excluding steroid dienone is 3. The quantitative estimate of drug-likeness (QED) is 0.423. The molecule has 1 spiro atoms. The van der Waals surface area contributed by atoms with Crippen LogP contribution in [0.3, 0.4) is 0 Å². The third kappa shape index (κ3) is 4.05. The first-order valence-electron chi connectivity index (χ1n) is 13.1. The van der Waals surface area contributed by atoms with Crippen LogP contribution in [0.4, 0.5) is 0 Å². The summed E-state index contributed by atoms with van der Waals surface area (Å²) in [5, 5.41) is 0. The van der Waals surface area contributed by atoms with Crippen molar-refractivity contribution in [2.75, 3.05) is 13.2 Å². The van der Waals surface area contributed by atoms with Crippen LogP contribution in [0.15, 0.2) is 23.3 Å². The van der Waals surface area contributed by atoms with Gasteiger partial charge in [0.1, 0.15) is 0 Å². The zero-order chi connectivity index (χ0) is 23.6. The molecule has 3 aliphatic carbocycles. The van der Waals surface area contributed by atoms with E-state index in [-0.39, 0.29) is 27.9 Å². The van der Waals surface area contributed by atoms with Gasteiger partial charge in [-0.2, -0.15) is 0 Å². The van der Waals surface area contributed by atoms with E-state index in [2.05, 4.69) is 74.5 Å². The molecule has 1 saturated carbocycles. The fraction of sp³-hybridized carbons (Fsp3) is 0.862. The van der Waals surface area contributed by atoms with Crippen LogP contribution in [0.25, 0.3) is 0 Å². The Morgan fingerprint density at radius 2 is 1.75 bits per heavy atom. The summed E-state index contributed by atoms with van der Waals surface area (Å²) in [6, 6.07) is 0. The molecular weight excluding hydrogens is 396 g/mol. The van der Waals surface area contributed by atoms with Crippen LogP contribution >= 0.6 is 0 Å². The predicted molar refractivity (Wildman–Crippen MR) is 131 cm³/mol. The molecule has 4 aliphatic rings. The molecule has 32 heavy (non-hydrogen) atoms. The van der Waals surface area contributed by atoms with Crippen molar-refractivity contribution in [2.45, 2.75) is 118 Å². The van der Waals surface area contributed by atoms with Crippen molar-refractivity contribution in [2.24, 2.45) is 28.1 Å². The number of hydrogen-bond donors (Lipinski definition) is 0. The fourth-order valence-electron chi connectivity index (χ4n) is 7.05. The first-order valence-corrected chi connectivity index (χ1v) is 13.1. The molecule has 1 aliphatic heterocycles. The monoisotopic (exact) mass is 444 g/mol. The van der Waals surface area contributed by atoms with Gasteiger partial charge in [-0.3, -0.25) is 0 Å². The van der Waals surface area contributed by atoms with Gasteiger partial charge < -0.3 is 14.2 Å². The number of hydrogen-bond acceptors (Lipinski definition) is 3. The lowest BCUT2D eigenvalue weighted by Gasteiger charge is -2.58. The molecule has 1 saturated heterocycles. The maximum absolute atomic E-state index is 6.50. The van der Waals surface area contributed by atoms with Gasteiger partial charge in [-0.25, -0.2) is 0 Å². The molecule has 0 amide bonds. The van der Waals surface area contributed by atoms with E-state index in [0.29, 0.717) is 11.8 Å². The lowest BCUT2D eigenvalue weighted by Crippen LogP contribution is -2.54. The molecule has 3 nitrogen and oxygen atoms in total. The Kier molecular flexibility index (Phi) is 6.09.